The number of methoxy groups -OCH3 is 1. The van der Waals surface area contributed by atoms with Gasteiger partial charge in [-0.05, 0) is 54.7 Å². The minimum atomic E-state index is 0.0730. The van der Waals surface area contributed by atoms with E-state index in [0.717, 1.165) is 42.5 Å². The monoisotopic (exact) mass is 373 g/mol. The summed E-state index contributed by atoms with van der Waals surface area (Å²) in [6.45, 7) is 0.778. The van der Waals surface area contributed by atoms with E-state index in [1.165, 1.54) is 0 Å². The van der Waals surface area contributed by atoms with Crippen LogP contribution < -0.4 is 4.74 Å². The number of carbonyl (C=O) groups excluding carboxylic acids is 1. The summed E-state index contributed by atoms with van der Waals surface area (Å²) in [6.07, 6.45) is 10.3. The van der Waals surface area contributed by atoms with Gasteiger partial charge < -0.3 is 9.64 Å². The van der Waals surface area contributed by atoms with Gasteiger partial charge in [-0.3, -0.25) is 14.8 Å². The number of nitrogens with zero attached hydrogens (tertiary/aromatic N) is 3. The fourth-order valence-electron chi connectivity index (χ4n) is 3.75. The fourth-order valence-corrected chi connectivity index (χ4v) is 3.75. The number of rotatable bonds is 4. The van der Waals surface area contributed by atoms with Gasteiger partial charge in [0.2, 0.25) is 0 Å². The molecule has 3 aromatic rings. The molecular formula is C23H23N3O2. The number of pyridine rings is 2. The average Bonchev–Trinajstić information content (AvgIpc) is 2.79. The van der Waals surface area contributed by atoms with Crippen LogP contribution >= 0.6 is 0 Å². The van der Waals surface area contributed by atoms with Crippen LogP contribution in [-0.4, -0.2) is 34.4 Å². The Bertz CT molecular complexity index is 942. The highest BCUT2D eigenvalue weighted by molar-refractivity contribution is 5.95. The number of hydrogen-bond donors (Lipinski definition) is 0. The Morgan fingerprint density at radius 2 is 1.89 bits per heavy atom. The van der Waals surface area contributed by atoms with Crippen LogP contribution in [0.1, 0.15) is 41.2 Å². The van der Waals surface area contributed by atoms with E-state index in [2.05, 4.69) is 16.0 Å². The van der Waals surface area contributed by atoms with E-state index in [9.17, 15) is 4.79 Å². The first kappa shape index (κ1) is 18.2. The van der Waals surface area contributed by atoms with Crippen molar-refractivity contribution in [2.24, 2.45) is 0 Å². The normalized spacial score (nSPS) is 16.6. The van der Waals surface area contributed by atoms with Crippen molar-refractivity contribution < 1.29 is 9.53 Å². The van der Waals surface area contributed by atoms with E-state index >= 15 is 0 Å². The second-order valence-electron chi connectivity index (χ2n) is 6.99. The number of hydrogen-bond acceptors (Lipinski definition) is 4. The Labute approximate surface area is 165 Å². The third-order valence-electron chi connectivity index (χ3n) is 5.25. The van der Waals surface area contributed by atoms with Crippen molar-refractivity contribution in [3.05, 3.63) is 78.4 Å². The largest absolute Gasteiger partial charge is 0.495 e. The number of carbonyl (C=O) groups is 1. The maximum Gasteiger partial charge on any atom is 0.254 e. The van der Waals surface area contributed by atoms with Gasteiger partial charge in [-0.1, -0.05) is 18.2 Å². The van der Waals surface area contributed by atoms with Gasteiger partial charge in [-0.25, -0.2) is 0 Å². The molecule has 4 rings (SSSR count). The summed E-state index contributed by atoms with van der Waals surface area (Å²) >= 11 is 0. The minimum absolute atomic E-state index is 0.0730. The predicted molar refractivity (Wildman–Crippen MR) is 108 cm³/mol. The first-order chi connectivity index (χ1) is 13.8. The standard InChI is InChI=1S/C23H23N3O2/c1-28-21-13-20(15-25-16-21)17-7-9-18(10-8-17)23(27)26-12-3-2-6-22(26)19-5-4-11-24-14-19/h4-5,7-11,13-16,22H,2-3,6,12H2,1H3. The molecule has 2 aromatic heterocycles. The molecule has 0 N–H and O–H groups in total. The summed E-state index contributed by atoms with van der Waals surface area (Å²) in [5, 5.41) is 0. The predicted octanol–water partition coefficient (Wildman–Crippen LogP) is 4.52. The second-order valence-corrected chi connectivity index (χ2v) is 6.99. The number of piperidine rings is 1. The first-order valence-corrected chi connectivity index (χ1v) is 9.56. The van der Waals surface area contributed by atoms with E-state index < -0.39 is 0 Å². The van der Waals surface area contributed by atoms with Gasteiger partial charge in [0.25, 0.3) is 5.91 Å². The fraction of sp³-hybridized carbons (Fsp3) is 0.261. The summed E-state index contributed by atoms with van der Waals surface area (Å²) in [5.74, 6) is 0.786. The quantitative estimate of drug-likeness (QED) is 0.675. The molecule has 0 radical (unpaired) electrons. The Kier molecular flexibility index (Phi) is 5.33. The van der Waals surface area contributed by atoms with E-state index in [0.29, 0.717) is 11.3 Å². The minimum Gasteiger partial charge on any atom is -0.495 e. The Morgan fingerprint density at radius 1 is 1.04 bits per heavy atom. The van der Waals surface area contributed by atoms with Crippen molar-refractivity contribution in [1.29, 1.82) is 0 Å². The summed E-state index contributed by atoms with van der Waals surface area (Å²) in [6, 6.07) is 13.7. The smallest absolute Gasteiger partial charge is 0.254 e. The molecule has 5 nitrogen and oxygen atoms in total. The van der Waals surface area contributed by atoms with E-state index in [4.69, 9.17) is 4.74 Å². The summed E-state index contributed by atoms with van der Waals surface area (Å²) < 4.78 is 5.24. The van der Waals surface area contributed by atoms with Gasteiger partial charge in [-0.15, -0.1) is 0 Å². The molecule has 142 valence electrons. The van der Waals surface area contributed by atoms with E-state index in [-0.39, 0.29) is 11.9 Å². The van der Waals surface area contributed by atoms with Crippen LogP contribution in [0.3, 0.4) is 0 Å². The lowest BCUT2D eigenvalue weighted by atomic mass is 9.95. The molecule has 5 heteroatoms. The zero-order valence-corrected chi connectivity index (χ0v) is 15.9. The topological polar surface area (TPSA) is 55.3 Å². The summed E-state index contributed by atoms with van der Waals surface area (Å²) in [5.41, 5.74) is 3.78. The van der Waals surface area contributed by atoms with Crippen LogP contribution in [0, 0.1) is 0 Å². The molecule has 1 fully saturated rings. The maximum atomic E-state index is 13.2. The number of likely N-dealkylation sites (tertiary alicyclic amines) is 1. The Morgan fingerprint density at radius 3 is 2.64 bits per heavy atom. The van der Waals surface area contributed by atoms with Crippen molar-refractivity contribution in [2.75, 3.05) is 13.7 Å². The van der Waals surface area contributed by atoms with E-state index in [1.807, 2.05) is 47.5 Å². The van der Waals surface area contributed by atoms with Crippen LogP contribution in [0.4, 0.5) is 0 Å². The molecule has 1 aliphatic heterocycles. The number of benzene rings is 1. The van der Waals surface area contributed by atoms with Gasteiger partial charge in [0.1, 0.15) is 5.75 Å². The number of aromatic nitrogens is 2. The number of ether oxygens (including phenoxy) is 1. The zero-order valence-electron chi connectivity index (χ0n) is 15.9. The molecule has 0 bridgehead atoms. The van der Waals surface area contributed by atoms with Crippen molar-refractivity contribution in [3.63, 3.8) is 0 Å². The molecular weight excluding hydrogens is 350 g/mol. The molecule has 1 aliphatic rings. The molecule has 1 amide bonds. The van der Waals surface area contributed by atoms with Gasteiger partial charge in [0.05, 0.1) is 19.3 Å². The highest BCUT2D eigenvalue weighted by Gasteiger charge is 2.28. The van der Waals surface area contributed by atoms with Crippen molar-refractivity contribution in [1.82, 2.24) is 14.9 Å². The van der Waals surface area contributed by atoms with Gasteiger partial charge in [0, 0.05) is 36.3 Å². The lowest BCUT2D eigenvalue weighted by molar-refractivity contribution is 0.0611. The maximum absolute atomic E-state index is 13.2. The van der Waals surface area contributed by atoms with Crippen molar-refractivity contribution in [2.45, 2.75) is 25.3 Å². The van der Waals surface area contributed by atoms with Crippen molar-refractivity contribution >= 4 is 5.91 Å². The lowest BCUT2D eigenvalue weighted by Crippen LogP contribution is -2.38. The van der Waals surface area contributed by atoms with Crippen LogP contribution in [0.5, 0.6) is 5.75 Å². The average molecular weight is 373 g/mol. The summed E-state index contributed by atoms with van der Waals surface area (Å²) in [7, 11) is 1.62. The number of amides is 1. The zero-order chi connectivity index (χ0) is 19.3. The van der Waals surface area contributed by atoms with Crippen LogP contribution in [0.25, 0.3) is 11.1 Å². The molecule has 0 saturated carbocycles. The van der Waals surface area contributed by atoms with Gasteiger partial charge in [-0.2, -0.15) is 0 Å². The second kappa shape index (κ2) is 8.21. The molecule has 0 aliphatic carbocycles. The molecule has 3 heterocycles. The van der Waals surface area contributed by atoms with Crippen molar-refractivity contribution in [3.8, 4) is 16.9 Å². The first-order valence-electron chi connectivity index (χ1n) is 9.56. The molecule has 0 spiro atoms. The molecule has 28 heavy (non-hydrogen) atoms. The molecule has 1 aromatic carbocycles. The molecule has 1 unspecified atom stereocenters. The van der Waals surface area contributed by atoms with Crippen LogP contribution in [0.15, 0.2) is 67.3 Å². The Hall–Kier alpha value is -3.21. The van der Waals surface area contributed by atoms with Crippen LogP contribution in [0.2, 0.25) is 0 Å². The van der Waals surface area contributed by atoms with Gasteiger partial charge in [0.15, 0.2) is 0 Å². The van der Waals surface area contributed by atoms with Gasteiger partial charge >= 0.3 is 0 Å². The Balaban J connectivity index is 1.57. The molecule has 1 saturated heterocycles. The highest BCUT2D eigenvalue weighted by Crippen LogP contribution is 2.32. The summed E-state index contributed by atoms with van der Waals surface area (Å²) in [4.78, 5) is 23.6. The molecule has 1 atom stereocenters. The highest BCUT2D eigenvalue weighted by atomic mass is 16.5. The lowest BCUT2D eigenvalue weighted by Gasteiger charge is -2.36. The third-order valence-corrected chi connectivity index (χ3v) is 5.25. The SMILES string of the molecule is COc1cncc(-c2ccc(C(=O)N3CCCCC3c3cccnc3)cc2)c1. The third kappa shape index (κ3) is 3.74. The van der Waals surface area contributed by atoms with Crippen LogP contribution in [-0.2, 0) is 0 Å². The van der Waals surface area contributed by atoms with E-state index in [1.54, 1.807) is 25.7 Å².